The average molecular weight is 697 g/mol. The summed E-state index contributed by atoms with van der Waals surface area (Å²) in [6.07, 6.45) is 1.70. The van der Waals surface area contributed by atoms with Gasteiger partial charge < -0.3 is 19.1 Å². The van der Waals surface area contributed by atoms with Crippen LogP contribution >= 0.6 is 27.5 Å². The van der Waals surface area contributed by atoms with Gasteiger partial charge >= 0.3 is 6.09 Å². The van der Waals surface area contributed by atoms with Crippen molar-refractivity contribution < 1.29 is 23.4 Å². The molecule has 0 atom stereocenters. The highest BCUT2D eigenvalue weighted by Gasteiger charge is 2.39. The summed E-state index contributed by atoms with van der Waals surface area (Å²) in [6.45, 7) is 15.7. The van der Waals surface area contributed by atoms with Crippen LogP contribution in [0.15, 0.2) is 41.0 Å². The van der Waals surface area contributed by atoms with Gasteiger partial charge in [-0.25, -0.2) is 13.9 Å². The second-order valence-electron chi connectivity index (χ2n) is 13.7. The zero-order chi connectivity index (χ0) is 31.4. The lowest BCUT2D eigenvalue weighted by molar-refractivity contribution is 0.00565. The summed E-state index contributed by atoms with van der Waals surface area (Å²) in [5.74, 6) is -0.275. The number of aromatic nitrogens is 2. The highest BCUT2D eigenvalue weighted by atomic mass is 79.9. The lowest BCUT2D eigenvalue weighted by Crippen LogP contribution is -2.48. The molecule has 7 nitrogen and oxygen atoms in total. The second-order valence-corrected chi connectivity index (χ2v) is 20.5. The fraction of sp³-hybridized carbons (Fsp3) is 0.562. The van der Waals surface area contributed by atoms with Gasteiger partial charge in [-0.15, -0.1) is 0 Å². The van der Waals surface area contributed by atoms with E-state index < -0.39 is 13.7 Å². The summed E-state index contributed by atoms with van der Waals surface area (Å²) in [6, 6.07) is 11.6. The van der Waals surface area contributed by atoms with Crippen LogP contribution < -0.4 is 0 Å². The molecule has 0 unspecified atom stereocenters. The molecule has 0 bridgehead atoms. The Balaban J connectivity index is 1.42. The van der Waals surface area contributed by atoms with Crippen molar-refractivity contribution in [1.82, 2.24) is 14.7 Å². The van der Waals surface area contributed by atoms with E-state index in [1.165, 1.54) is 12.1 Å². The number of carbonyl (C=O) groups excluding carboxylic acids is 1. The third kappa shape index (κ3) is 9.26. The van der Waals surface area contributed by atoms with Gasteiger partial charge in [0.15, 0.2) is 0 Å². The van der Waals surface area contributed by atoms with Crippen molar-refractivity contribution in [2.75, 3.05) is 32.9 Å². The summed E-state index contributed by atoms with van der Waals surface area (Å²) >= 11 is 10.2. The monoisotopic (exact) mass is 695 g/mol. The maximum Gasteiger partial charge on any atom is 0.410 e. The quantitative estimate of drug-likeness (QED) is 0.149. The first-order chi connectivity index (χ1) is 20.2. The highest BCUT2D eigenvalue weighted by Crippen LogP contribution is 2.37. The predicted octanol–water partition coefficient (Wildman–Crippen LogP) is 8.43. The molecule has 0 aliphatic carbocycles. The van der Waals surface area contributed by atoms with Gasteiger partial charge in [0.25, 0.3) is 0 Å². The number of rotatable bonds is 11. The molecule has 0 radical (unpaired) electrons. The minimum absolute atomic E-state index is 0.275. The van der Waals surface area contributed by atoms with Crippen LogP contribution in [0.4, 0.5) is 9.18 Å². The summed E-state index contributed by atoms with van der Waals surface area (Å²) in [5.41, 5.74) is 1.99. The molecule has 1 aliphatic heterocycles. The van der Waals surface area contributed by atoms with Crippen LogP contribution in [0.2, 0.25) is 30.7 Å². The fourth-order valence-corrected chi connectivity index (χ4v) is 6.73. The van der Waals surface area contributed by atoms with Crippen molar-refractivity contribution in [3.8, 4) is 0 Å². The summed E-state index contributed by atoms with van der Waals surface area (Å²) < 4.78 is 34.3. The third-order valence-corrected chi connectivity index (χ3v) is 10.5. The van der Waals surface area contributed by atoms with E-state index in [0.29, 0.717) is 63.9 Å². The van der Waals surface area contributed by atoms with E-state index in [4.69, 9.17) is 30.9 Å². The Morgan fingerprint density at radius 1 is 1.09 bits per heavy atom. The number of carbonyl (C=O) groups is 1. The molecule has 11 heteroatoms. The Labute approximate surface area is 269 Å². The van der Waals surface area contributed by atoms with Gasteiger partial charge in [0.05, 0.1) is 18.7 Å². The molecule has 2 heterocycles. The molecule has 1 amide bonds. The van der Waals surface area contributed by atoms with Crippen LogP contribution in [0.5, 0.6) is 0 Å². The van der Waals surface area contributed by atoms with Gasteiger partial charge in [0.1, 0.15) is 22.8 Å². The van der Waals surface area contributed by atoms with E-state index in [2.05, 4.69) is 35.6 Å². The van der Waals surface area contributed by atoms with Gasteiger partial charge in [-0.05, 0) is 97.4 Å². The average Bonchev–Trinajstić information content (AvgIpc) is 3.23. The Kier molecular flexibility index (Phi) is 11.0. The number of halogens is 3. The molecule has 43 heavy (non-hydrogen) atoms. The maximum absolute atomic E-state index is 13.8. The molecule has 2 aromatic carbocycles. The van der Waals surface area contributed by atoms with E-state index in [0.717, 1.165) is 32.7 Å². The highest BCUT2D eigenvalue weighted by molar-refractivity contribution is 9.10. The smallest absolute Gasteiger partial charge is 0.410 e. The molecule has 4 rings (SSSR count). The van der Waals surface area contributed by atoms with E-state index in [-0.39, 0.29) is 17.3 Å². The van der Waals surface area contributed by atoms with Crippen molar-refractivity contribution in [3.63, 3.8) is 0 Å². The van der Waals surface area contributed by atoms with Crippen molar-refractivity contribution >= 4 is 52.6 Å². The normalized spacial score (nSPS) is 15.7. The zero-order valence-corrected chi connectivity index (χ0v) is 29.5. The largest absolute Gasteiger partial charge is 0.444 e. The van der Waals surface area contributed by atoms with Crippen LogP contribution in [0.3, 0.4) is 0 Å². The van der Waals surface area contributed by atoms with Gasteiger partial charge in [-0.2, -0.15) is 5.10 Å². The first kappa shape index (κ1) is 33.9. The van der Waals surface area contributed by atoms with E-state index in [9.17, 15) is 9.18 Å². The third-order valence-electron chi connectivity index (χ3n) is 7.76. The van der Waals surface area contributed by atoms with Gasteiger partial charge in [0.2, 0.25) is 0 Å². The Hall–Kier alpha value is -1.98. The number of benzene rings is 2. The van der Waals surface area contributed by atoms with Crippen molar-refractivity contribution in [3.05, 3.63) is 63.0 Å². The molecule has 236 valence electrons. The Morgan fingerprint density at radius 3 is 2.40 bits per heavy atom. The van der Waals surface area contributed by atoms with Crippen LogP contribution in [0.1, 0.15) is 44.7 Å². The summed E-state index contributed by atoms with van der Waals surface area (Å²) in [5, 5.41) is 6.41. The molecule has 1 aromatic heterocycles. The molecule has 1 saturated heterocycles. The number of nitrogens with zero attached hydrogens (tertiary/aromatic N) is 3. The first-order valence-corrected chi connectivity index (χ1v) is 19.8. The van der Waals surface area contributed by atoms with Gasteiger partial charge in [-0.1, -0.05) is 43.4 Å². The number of fused-ring (bicyclic) bond motifs is 1. The lowest BCUT2D eigenvalue weighted by Gasteiger charge is -2.42. The molecule has 1 aliphatic rings. The van der Waals surface area contributed by atoms with Crippen molar-refractivity contribution in [2.24, 2.45) is 0 Å². The molecule has 1 fully saturated rings. The summed E-state index contributed by atoms with van der Waals surface area (Å²) in [7, 11) is -1.17. The molecular weight excluding hydrogens is 653 g/mol. The zero-order valence-electron chi connectivity index (χ0n) is 26.1. The van der Waals surface area contributed by atoms with Gasteiger partial charge in [-0.3, -0.25) is 0 Å². The SMILES string of the molecule is CC(C)(C)OC(=O)N1CCC(COCCc2cc(Cl)cc3c(Br)n(COCC[Si](C)(C)C)nc23)(c2ccc(F)cc2)CC1. The minimum atomic E-state index is -1.17. The topological polar surface area (TPSA) is 65.8 Å². The van der Waals surface area contributed by atoms with Crippen LogP contribution in [0.25, 0.3) is 10.9 Å². The van der Waals surface area contributed by atoms with E-state index >= 15 is 0 Å². The van der Waals surface area contributed by atoms with Crippen LogP contribution in [-0.2, 0) is 32.8 Å². The number of likely N-dealkylation sites (tertiary alicyclic amines) is 1. The molecule has 0 saturated carbocycles. The van der Waals surface area contributed by atoms with E-state index in [1.807, 2.05) is 49.7 Å². The lowest BCUT2D eigenvalue weighted by atomic mass is 9.73. The maximum atomic E-state index is 13.8. The Bertz CT molecular complexity index is 1400. The number of hydrogen-bond donors (Lipinski definition) is 0. The van der Waals surface area contributed by atoms with Crippen LogP contribution in [0, 0.1) is 5.82 Å². The molecule has 0 spiro atoms. The molecular formula is C32H44BrClFN3O4Si. The molecule has 3 aromatic rings. The minimum Gasteiger partial charge on any atom is -0.444 e. The first-order valence-electron chi connectivity index (χ1n) is 14.9. The number of piperidine rings is 1. The van der Waals surface area contributed by atoms with Crippen molar-refractivity contribution in [1.29, 1.82) is 0 Å². The fourth-order valence-electron chi connectivity index (χ4n) is 5.25. The van der Waals surface area contributed by atoms with E-state index in [1.54, 1.807) is 4.90 Å². The Morgan fingerprint density at radius 2 is 1.77 bits per heavy atom. The standard InChI is InChI=1S/C32H44BrClFN3O4Si/c1-31(2,3)42-30(39)37-14-12-32(13-15-37,24-7-9-26(35)10-8-24)21-40-16-11-23-19-25(34)20-27-28(23)36-38(29(27)33)22-41-17-18-43(4,5)6/h7-10,19-20H,11-18,21-22H2,1-6H3. The number of ether oxygens (including phenoxy) is 3. The second kappa shape index (κ2) is 14.0. The predicted molar refractivity (Wildman–Crippen MR) is 176 cm³/mol. The number of hydrogen-bond acceptors (Lipinski definition) is 5. The van der Waals surface area contributed by atoms with Crippen molar-refractivity contribution in [2.45, 2.75) is 83.5 Å². The summed E-state index contributed by atoms with van der Waals surface area (Å²) in [4.78, 5) is 14.4. The van der Waals surface area contributed by atoms with Gasteiger partial charge in [0, 0.05) is 43.6 Å². The molecule has 0 N–H and O–H groups in total. The van der Waals surface area contributed by atoms with Crippen LogP contribution in [-0.4, -0.2) is 67.4 Å². The number of amides is 1.